The number of piperidine rings is 1. The number of halogens is 1. The molecule has 0 aromatic carbocycles. The van der Waals surface area contributed by atoms with Crippen LogP contribution in [-0.2, 0) is 11.3 Å². The van der Waals surface area contributed by atoms with Crippen LogP contribution in [0.25, 0.3) is 0 Å². The van der Waals surface area contributed by atoms with Gasteiger partial charge in [0.15, 0.2) is 3.77 Å². The molecule has 1 N–H and O–H groups in total. The Labute approximate surface area is 115 Å². The fourth-order valence-corrected chi connectivity index (χ4v) is 2.46. The summed E-state index contributed by atoms with van der Waals surface area (Å²) in [5.74, 6) is 1.08. The highest BCUT2D eigenvalue weighted by molar-refractivity contribution is 14.1. The van der Waals surface area contributed by atoms with Crippen LogP contribution in [0.3, 0.4) is 0 Å². The van der Waals surface area contributed by atoms with Gasteiger partial charge in [0.05, 0.1) is 13.1 Å². The zero-order chi connectivity index (χ0) is 12.1. The average Bonchev–Trinajstić information content (AvgIpc) is 2.76. The van der Waals surface area contributed by atoms with Crippen LogP contribution in [0.4, 0.5) is 0 Å². The largest absolute Gasteiger partial charge is 0.454 e. The third kappa shape index (κ3) is 3.99. The van der Waals surface area contributed by atoms with Crippen molar-refractivity contribution in [2.24, 2.45) is 0 Å². The lowest BCUT2D eigenvalue weighted by Crippen LogP contribution is -2.40. The first-order valence-corrected chi connectivity index (χ1v) is 7.06. The van der Waals surface area contributed by atoms with E-state index in [2.05, 4.69) is 27.9 Å². The maximum Gasteiger partial charge on any atom is 0.236 e. The first-order chi connectivity index (χ1) is 8.25. The Hall–Kier alpha value is -0.560. The molecule has 1 saturated heterocycles. The van der Waals surface area contributed by atoms with Gasteiger partial charge in [-0.25, -0.2) is 0 Å². The topological polar surface area (TPSA) is 45.5 Å². The van der Waals surface area contributed by atoms with E-state index in [-0.39, 0.29) is 5.91 Å². The fraction of sp³-hybridized carbons (Fsp3) is 0.583. The number of likely N-dealkylation sites (tertiary alicyclic amines) is 1. The first-order valence-electron chi connectivity index (χ1n) is 5.98. The van der Waals surface area contributed by atoms with E-state index in [0.717, 1.165) is 35.5 Å². The second kappa shape index (κ2) is 6.39. The van der Waals surface area contributed by atoms with Gasteiger partial charge in [0.2, 0.25) is 5.91 Å². The van der Waals surface area contributed by atoms with Crippen LogP contribution in [0, 0.1) is 3.77 Å². The zero-order valence-corrected chi connectivity index (χ0v) is 11.9. The number of furan rings is 1. The molecule has 1 aromatic rings. The Morgan fingerprint density at radius 1 is 1.35 bits per heavy atom. The van der Waals surface area contributed by atoms with E-state index < -0.39 is 0 Å². The molecule has 2 rings (SSSR count). The van der Waals surface area contributed by atoms with Crippen molar-refractivity contribution in [2.45, 2.75) is 25.8 Å². The lowest BCUT2D eigenvalue weighted by atomic mass is 10.1. The molecule has 0 saturated carbocycles. The van der Waals surface area contributed by atoms with Crippen molar-refractivity contribution in [2.75, 3.05) is 19.6 Å². The molecule has 1 fully saturated rings. The normalized spacial score (nSPS) is 16.2. The number of amides is 1. The summed E-state index contributed by atoms with van der Waals surface area (Å²) in [6.07, 6.45) is 3.53. The molecule has 1 aliphatic rings. The van der Waals surface area contributed by atoms with Crippen molar-refractivity contribution in [3.05, 3.63) is 21.7 Å². The van der Waals surface area contributed by atoms with Gasteiger partial charge in [-0.2, -0.15) is 0 Å². The number of hydrogen-bond donors (Lipinski definition) is 1. The van der Waals surface area contributed by atoms with Gasteiger partial charge in [-0.15, -0.1) is 0 Å². The maximum absolute atomic E-state index is 11.8. The molecule has 0 spiro atoms. The summed E-state index contributed by atoms with van der Waals surface area (Å²) >= 11 is 2.13. The number of nitrogens with one attached hydrogen (secondary N) is 1. The molecule has 1 amide bonds. The molecule has 0 aliphatic carbocycles. The molecule has 0 radical (unpaired) electrons. The molecule has 5 heteroatoms. The van der Waals surface area contributed by atoms with Crippen molar-refractivity contribution < 1.29 is 9.21 Å². The van der Waals surface area contributed by atoms with Crippen LogP contribution in [-0.4, -0.2) is 30.4 Å². The second-order valence-electron chi connectivity index (χ2n) is 4.25. The minimum atomic E-state index is 0.200. The molecule has 0 bridgehead atoms. The van der Waals surface area contributed by atoms with Crippen molar-refractivity contribution in [1.82, 2.24) is 10.2 Å². The summed E-state index contributed by atoms with van der Waals surface area (Å²) in [7, 11) is 0. The highest BCUT2D eigenvalue weighted by Gasteiger charge is 2.15. The number of rotatable bonds is 4. The SMILES string of the molecule is O=C(CNCc1ccc(I)o1)N1CCCCC1. The number of hydrogen-bond acceptors (Lipinski definition) is 3. The van der Waals surface area contributed by atoms with E-state index in [1.54, 1.807) is 0 Å². The molecule has 0 unspecified atom stereocenters. The molecular weight excluding hydrogens is 331 g/mol. The Kier molecular flexibility index (Phi) is 4.85. The van der Waals surface area contributed by atoms with Crippen molar-refractivity contribution >= 4 is 28.5 Å². The molecule has 2 heterocycles. The van der Waals surface area contributed by atoms with E-state index in [1.165, 1.54) is 6.42 Å². The van der Waals surface area contributed by atoms with Gasteiger partial charge in [0.25, 0.3) is 0 Å². The molecule has 4 nitrogen and oxygen atoms in total. The highest BCUT2D eigenvalue weighted by atomic mass is 127. The van der Waals surface area contributed by atoms with E-state index in [4.69, 9.17) is 4.42 Å². The van der Waals surface area contributed by atoms with Crippen LogP contribution in [0.1, 0.15) is 25.0 Å². The third-order valence-electron chi connectivity index (χ3n) is 2.91. The van der Waals surface area contributed by atoms with Crippen molar-refractivity contribution in [3.8, 4) is 0 Å². The molecule has 94 valence electrons. The molecule has 1 aromatic heterocycles. The standard InChI is InChI=1S/C12H17IN2O2/c13-11-5-4-10(17-11)8-14-9-12(16)15-6-2-1-3-7-15/h4-5,14H,1-3,6-9H2. The van der Waals surface area contributed by atoms with Gasteiger partial charge >= 0.3 is 0 Å². The monoisotopic (exact) mass is 348 g/mol. The van der Waals surface area contributed by atoms with Crippen molar-refractivity contribution in [3.63, 3.8) is 0 Å². The summed E-state index contributed by atoms with van der Waals surface area (Å²) < 4.78 is 6.29. The Balaban J connectivity index is 1.69. The molecule has 1 aliphatic heterocycles. The van der Waals surface area contributed by atoms with Crippen LogP contribution in [0.15, 0.2) is 16.5 Å². The summed E-state index contributed by atoms with van der Waals surface area (Å²) in [5, 5.41) is 3.12. The zero-order valence-electron chi connectivity index (χ0n) is 9.75. The minimum absolute atomic E-state index is 0.200. The van der Waals surface area contributed by atoms with Crippen molar-refractivity contribution in [1.29, 1.82) is 0 Å². The Morgan fingerprint density at radius 3 is 2.76 bits per heavy atom. The van der Waals surface area contributed by atoms with Crippen LogP contribution >= 0.6 is 22.6 Å². The quantitative estimate of drug-likeness (QED) is 0.847. The lowest BCUT2D eigenvalue weighted by Gasteiger charge is -2.26. The molecule has 0 atom stereocenters. The van der Waals surface area contributed by atoms with E-state index >= 15 is 0 Å². The van der Waals surface area contributed by atoms with E-state index in [1.807, 2.05) is 17.0 Å². The predicted molar refractivity (Wildman–Crippen MR) is 73.6 cm³/mol. The smallest absolute Gasteiger partial charge is 0.236 e. The van der Waals surface area contributed by atoms with Gasteiger partial charge in [-0.1, -0.05) is 0 Å². The van der Waals surface area contributed by atoms with E-state index in [0.29, 0.717) is 13.1 Å². The molecular formula is C12H17IN2O2. The van der Waals surface area contributed by atoms with Gasteiger partial charge in [0, 0.05) is 13.1 Å². The van der Waals surface area contributed by atoms with Gasteiger partial charge in [0.1, 0.15) is 5.76 Å². The number of carbonyl (C=O) groups excluding carboxylic acids is 1. The van der Waals surface area contributed by atoms with Gasteiger partial charge < -0.3 is 14.6 Å². The predicted octanol–water partition coefficient (Wildman–Crippen LogP) is 1.99. The Bertz CT molecular complexity index is 372. The number of nitrogens with zero attached hydrogens (tertiary/aromatic N) is 1. The van der Waals surface area contributed by atoms with Crippen LogP contribution in [0.2, 0.25) is 0 Å². The second-order valence-corrected chi connectivity index (χ2v) is 5.31. The third-order valence-corrected chi connectivity index (χ3v) is 3.49. The number of carbonyl (C=O) groups is 1. The minimum Gasteiger partial charge on any atom is -0.454 e. The summed E-state index contributed by atoms with van der Waals surface area (Å²) in [5.41, 5.74) is 0. The summed E-state index contributed by atoms with van der Waals surface area (Å²) in [6, 6.07) is 3.85. The summed E-state index contributed by atoms with van der Waals surface area (Å²) in [6.45, 7) is 2.85. The van der Waals surface area contributed by atoms with Gasteiger partial charge in [-0.3, -0.25) is 4.79 Å². The van der Waals surface area contributed by atoms with Crippen LogP contribution in [0.5, 0.6) is 0 Å². The van der Waals surface area contributed by atoms with E-state index in [9.17, 15) is 4.79 Å². The maximum atomic E-state index is 11.8. The first kappa shape index (κ1) is 12.9. The average molecular weight is 348 g/mol. The van der Waals surface area contributed by atoms with Crippen LogP contribution < -0.4 is 5.32 Å². The van der Waals surface area contributed by atoms with Gasteiger partial charge in [-0.05, 0) is 54.0 Å². The Morgan fingerprint density at radius 2 is 2.12 bits per heavy atom. The molecule has 17 heavy (non-hydrogen) atoms. The fourth-order valence-electron chi connectivity index (χ4n) is 1.99. The summed E-state index contributed by atoms with van der Waals surface area (Å²) in [4.78, 5) is 13.8. The lowest BCUT2D eigenvalue weighted by molar-refractivity contribution is -0.131. The highest BCUT2D eigenvalue weighted by Crippen LogP contribution is 2.10.